The lowest BCUT2D eigenvalue weighted by atomic mass is 10.2. The third-order valence-corrected chi connectivity index (χ3v) is 2.72. The van der Waals surface area contributed by atoms with Crippen molar-refractivity contribution in [1.29, 1.82) is 0 Å². The number of carbonyl (C=O) groups is 1. The molecule has 0 saturated carbocycles. The lowest BCUT2D eigenvalue weighted by molar-refractivity contribution is -0.123. The van der Waals surface area contributed by atoms with E-state index in [1.165, 1.54) is 0 Å². The standard InChI is InChI=1S/C14H20N2O3S/c1-2-18-9-5-8-16-13(17)10-19-12-7-4-3-6-11(12)14(15)20/h3-4,6-7H,2,5,8-10H2,1H3,(H2,15,20)(H,16,17). The van der Waals surface area contributed by atoms with E-state index < -0.39 is 0 Å². The Morgan fingerprint density at radius 3 is 2.85 bits per heavy atom. The first-order valence-corrected chi connectivity index (χ1v) is 6.92. The molecule has 0 saturated heterocycles. The largest absolute Gasteiger partial charge is 0.483 e. The SMILES string of the molecule is CCOCCCNC(=O)COc1ccccc1C(N)=S. The van der Waals surface area contributed by atoms with E-state index in [2.05, 4.69) is 5.32 Å². The smallest absolute Gasteiger partial charge is 0.257 e. The Balaban J connectivity index is 2.32. The summed E-state index contributed by atoms with van der Waals surface area (Å²) >= 11 is 4.92. The van der Waals surface area contributed by atoms with Crippen molar-refractivity contribution in [3.8, 4) is 5.75 Å². The van der Waals surface area contributed by atoms with Gasteiger partial charge in [0.15, 0.2) is 6.61 Å². The molecule has 20 heavy (non-hydrogen) atoms. The molecule has 0 aliphatic rings. The van der Waals surface area contributed by atoms with Crippen LogP contribution in [0.1, 0.15) is 18.9 Å². The van der Waals surface area contributed by atoms with Crippen molar-refractivity contribution in [2.75, 3.05) is 26.4 Å². The average Bonchev–Trinajstić information content (AvgIpc) is 2.45. The van der Waals surface area contributed by atoms with Crippen LogP contribution in [0.5, 0.6) is 5.75 Å². The monoisotopic (exact) mass is 296 g/mol. The molecule has 6 heteroatoms. The molecule has 0 aliphatic carbocycles. The van der Waals surface area contributed by atoms with Crippen LogP contribution in [0.15, 0.2) is 24.3 Å². The van der Waals surface area contributed by atoms with Gasteiger partial charge in [-0.3, -0.25) is 4.79 Å². The summed E-state index contributed by atoms with van der Waals surface area (Å²) in [6, 6.07) is 7.11. The van der Waals surface area contributed by atoms with E-state index in [0.29, 0.717) is 31.1 Å². The van der Waals surface area contributed by atoms with Crippen molar-refractivity contribution in [2.45, 2.75) is 13.3 Å². The first-order chi connectivity index (χ1) is 9.65. The maximum atomic E-state index is 11.6. The molecule has 1 rings (SSSR count). The summed E-state index contributed by atoms with van der Waals surface area (Å²) in [4.78, 5) is 11.8. The highest BCUT2D eigenvalue weighted by atomic mass is 32.1. The number of nitrogens with one attached hydrogen (secondary N) is 1. The van der Waals surface area contributed by atoms with Crippen LogP contribution in [0, 0.1) is 0 Å². The zero-order valence-corrected chi connectivity index (χ0v) is 12.4. The topological polar surface area (TPSA) is 73.6 Å². The van der Waals surface area contributed by atoms with Gasteiger partial charge < -0.3 is 20.5 Å². The molecular weight excluding hydrogens is 276 g/mol. The number of amides is 1. The third-order valence-electron chi connectivity index (χ3n) is 2.50. The maximum absolute atomic E-state index is 11.6. The van der Waals surface area contributed by atoms with Crippen LogP contribution >= 0.6 is 12.2 Å². The van der Waals surface area contributed by atoms with E-state index in [9.17, 15) is 4.79 Å². The predicted molar refractivity (Wildman–Crippen MR) is 81.9 cm³/mol. The van der Waals surface area contributed by atoms with Gasteiger partial charge in [-0.15, -0.1) is 0 Å². The first-order valence-electron chi connectivity index (χ1n) is 6.51. The second kappa shape index (κ2) is 9.28. The maximum Gasteiger partial charge on any atom is 0.257 e. The van der Waals surface area contributed by atoms with Gasteiger partial charge in [0, 0.05) is 19.8 Å². The third kappa shape index (κ3) is 5.99. The molecule has 1 amide bonds. The van der Waals surface area contributed by atoms with Gasteiger partial charge in [-0.05, 0) is 25.5 Å². The summed E-state index contributed by atoms with van der Waals surface area (Å²) < 4.78 is 10.6. The van der Waals surface area contributed by atoms with Gasteiger partial charge in [-0.1, -0.05) is 24.4 Å². The first kappa shape index (κ1) is 16.4. The van der Waals surface area contributed by atoms with Gasteiger partial charge in [0.05, 0.1) is 5.56 Å². The minimum absolute atomic E-state index is 0.0612. The molecule has 5 nitrogen and oxygen atoms in total. The fraction of sp³-hybridized carbons (Fsp3) is 0.429. The molecule has 0 atom stereocenters. The van der Waals surface area contributed by atoms with Gasteiger partial charge in [0.1, 0.15) is 10.7 Å². The molecule has 0 radical (unpaired) electrons. The summed E-state index contributed by atoms with van der Waals surface area (Å²) in [5.74, 6) is 0.337. The summed E-state index contributed by atoms with van der Waals surface area (Å²) in [5, 5.41) is 2.75. The second-order valence-corrected chi connectivity index (χ2v) is 4.49. The van der Waals surface area contributed by atoms with Crippen molar-refractivity contribution < 1.29 is 14.3 Å². The van der Waals surface area contributed by atoms with Crippen LogP contribution in [0.4, 0.5) is 0 Å². The normalized spacial score (nSPS) is 10.1. The van der Waals surface area contributed by atoms with Gasteiger partial charge >= 0.3 is 0 Å². The number of rotatable bonds is 9. The number of nitrogens with two attached hydrogens (primary N) is 1. The number of para-hydroxylation sites is 1. The van der Waals surface area contributed by atoms with E-state index in [4.69, 9.17) is 27.4 Å². The fourth-order valence-electron chi connectivity index (χ4n) is 1.54. The van der Waals surface area contributed by atoms with Crippen LogP contribution in [-0.4, -0.2) is 37.3 Å². The van der Waals surface area contributed by atoms with Crippen molar-refractivity contribution in [3.05, 3.63) is 29.8 Å². The molecule has 0 aromatic heterocycles. The molecule has 0 fully saturated rings. The van der Waals surface area contributed by atoms with E-state index in [1.807, 2.05) is 13.0 Å². The predicted octanol–water partition coefficient (Wildman–Crippen LogP) is 1.24. The fourth-order valence-corrected chi connectivity index (χ4v) is 1.71. The molecule has 1 aromatic carbocycles. The Labute approximate surface area is 124 Å². The van der Waals surface area contributed by atoms with Gasteiger partial charge in [-0.2, -0.15) is 0 Å². The average molecular weight is 296 g/mol. The Morgan fingerprint density at radius 2 is 2.15 bits per heavy atom. The van der Waals surface area contributed by atoms with Crippen LogP contribution in [0.2, 0.25) is 0 Å². The molecule has 0 unspecified atom stereocenters. The molecular formula is C14H20N2O3S. The lowest BCUT2D eigenvalue weighted by Crippen LogP contribution is -2.30. The van der Waals surface area contributed by atoms with Crippen LogP contribution < -0.4 is 15.8 Å². The minimum Gasteiger partial charge on any atom is -0.483 e. The Bertz CT molecular complexity index is 452. The van der Waals surface area contributed by atoms with Gasteiger partial charge in [0.2, 0.25) is 0 Å². The number of thiocarbonyl (C=S) groups is 1. The van der Waals surface area contributed by atoms with Crippen molar-refractivity contribution in [1.82, 2.24) is 5.32 Å². The van der Waals surface area contributed by atoms with Gasteiger partial charge in [-0.25, -0.2) is 0 Å². The Morgan fingerprint density at radius 1 is 1.40 bits per heavy atom. The zero-order valence-electron chi connectivity index (χ0n) is 11.6. The molecule has 3 N–H and O–H groups in total. The Hall–Kier alpha value is -1.66. The second-order valence-electron chi connectivity index (χ2n) is 4.05. The van der Waals surface area contributed by atoms with Crippen LogP contribution in [-0.2, 0) is 9.53 Å². The van der Waals surface area contributed by atoms with Crippen LogP contribution in [0.25, 0.3) is 0 Å². The Kier molecular flexibility index (Phi) is 7.60. The van der Waals surface area contributed by atoms with E-state index >= 15 is 0 Å². The van der Waals surface area contributed by atoms with E-state index in [-0.39, 0.29) is 17.5 Å². The molecule has 0 spiro atoms. The van der Waals surface area contributed by atoms with Crippen molar-refractivity contribution in [2.24, 2.45) is 5.73 Å². The van der Waals surface area contributed by atoms with Crippen molar-refractivity contribution >= 4 is 23.1 Å². The van der Waals surface area contributed by atoms with E-state index in [1.54, 1.807) is 18.2 Å². The summed E-state index contributed by atoms with van der Waals surface area (Å²) in [5.41, 5.74) is 6.22. The summed E-state index contributed by atoms with van der Waals surface area (Å²) in [6.45, 7) is 3.77. The zero-order chi connectivity index (χ0) is 14.8. The molecule has 1 aromatic rings. The molecule has 0 heterocycles. The highest BCUT2D eigenvalue weighted by Crippen LogP contribution is 2.17. The minimum atomic E-state index is -0.181. The molecule has 0 bridgehead atoms. The summed E-state index contributed by atoms with van der Waals surface area (Å²) in [7, 11) is 0. The number of ether oxygens (including phenoxy) is 2. The number of benzene rings is 1. The highest BCUT2D eigenvalue weighted by molar-refractivity contribution is 7.80. The van der Waals surface area contributed by atoms with Crippen molar-refractivity contribution in [3.63, 3.8) is 0 Å². The number of hydrogen-bond acceptors (Lipinski definition) is 4. The number of hydrogen-bond donors (Lipinski definition) is 2. The van der Waals surface area contributed by atoms with Crippen LogP contribution in [0.3, 0.4) is 0 Å². The molecule has 110 valence electrons. The quantitative estimate of drug-likeness (QED) is 0.530. The summed E-state index contributed by atoms with van der Waals surface area (Å²) in [6.07, 6.45) is 0.781. The number of carbonyl (C=O) groups excluding carboxylic acids is 1. The molecule has 0 aliphatic heterocycles. The van der Waals surface area contributed by atoms with Gasteiger partial charge in [0.25, 0.3) is 5.91 Å². The van der Waals surface area contributed by atoms with E-state index in [0.717, 1.165) is 6.42 Å². The highest BCUT2D eigenvalue weighted by Gasteiger charge is 2.07. The lowest BCUT2D eigenvalue weighted by Gasteiger charge is -2.10.